The molecule has 1 unspecified atom stereocenters. The monoisotopic (exact) mass is 230 g/mol. The molecule has 6 nitrogen and oxygen atoms in total. The van der Waals surface area contributed by atoms with E-state index in [1.165, 1.54) is 18.3 Å². The van der Waals surface area contributed by atoms with Crippen LogP contribution in [0.25, 0.3) is 0 Å². The number of alkyl halides is 1. The second-order valence-corrected chi connectivity index (χ2v) is 3.83. The Morgan fingerprint density at radius 1 is 1.69 bits per heavy atom. The minimum atomic E-state index is -1.12. The summed E-state index contributed by atoms with van der Waals surface area (Å²) >= 11 is 0. The first-order chi connectivity index (χ1) is 7.72. The Morgan fingerprint density at radius 2 is 2.50 bits per heavy atom. The van der Waals surface area contributed by atoms with Gasteiger partial charge < -0.3 is 15.1 Å². The molecule has 1 amide bonds. The number of carbonyl (C=O) groups excluding carboxylic acids is 1. The lowest BCUT2D eigenvalue weighted by molar-refractivity contribution is -0.138. The molecule has 0 bridgehead atoms. The van der Waals surface area contributed by atoms with Crippen molar-refractivity contribution < 1.29 is 13.9 Å². The molecule has 0 spiro atoms. The van der Waals surface area contributed by atoms with Crippen molar-refractivity contribution in [3.63, 3.8) is 0 Å². The first kappa shape index (κ1) is 11.3. The van der Waals surface area contributed by atoms with Crippen LogP contribution < -0.4 is 10.9 Å². The summed E-state index contributed by atoms with van der Waals surface area (Å²) < 4.78 is 18.5. The maximum absolute atomic E-state index is 13.6. The summed E-state index contributed by atoms with van der Waals surface area (Å²) in [7, 11) is 1.49. The van der Waals surface area contributed by atoms with Gasteiger partial charge in [0.1, 0.15) is 6.17 Å². The Labute approximate surface area is 92.8 Å². The summed E-state index contributed by atoms with van der Waals surface area (Å²) in [5.41, 5.74) is 5.29. The summed E-state index contributed by atoms with van der Waals surface area (Å²) in [5.74, 6) is -0.210. The molecule has 2 aliphatic heterocycles. The second kappa shape index (κ2) is 4.75. The van der Waals surface area contributed by atoms with Gasteiger partial charge in [0.2, 0.25) is 0 Å². The molecular weight excluding hydrogens is 215 g/mol. The lowest BCUT2D eigenvalue weighted by Crippen LogP contribution is -2.53. The van der Waals surface area contributed by atoms with Crippen LogP contribution >= 0.6 is 0 Å². The molecule has 16 heavy (non-hydrogen) atoms. The van der Waals surface area contributed by atoms with E-state index in [-0.39, 0.29) is 12.5 Å². The molecule has 2 heterocycles. The third-order valence-corrected chi connectivity index (χ3v) is 2.84. The molecule has 0 saturated carbocycles. The molecule has 0 aliphatic carbocycles. The summed E-state index contributed by atoms with van der Waals surface area (Å²) in [6, 6.07) is 0. The number of likely N-dealkylation sites (tertiary alicyclic amines) is 1. The van der Waals surface area contributed by atoms with E-state index in [1.807, 2.05) is 0 Å². The van der Waals surface area contributed by atoms with Gasteiger partial charge in [-0.05, 0) is 6.42 Å². The van der Waals surface area contributed by atoms with Crippen LogP contribution in [-0.4, -0.2) is 55.8 Å². The smallest absolute Gasteiger partial charge is 0.263 e. The molecule has 3 atom stereocenters. The average molecular weight is 230 g/mol. The largest absolute Gasteiger partial charge is 0.378 e. The minimum Gasteiger partial charge on any atom is -0.378 e. The number of nitrogens with one attached hydrogen (secondary N) is 2. The van der Waals surface area contributed by atoms with E-state index in [0.29, 0.717) is 13.0 Å². The van der Waals surface area contributed by atoms with Crippen LogP contribution in [0.5, 0.6) is 0 Å². The Kier molecular flexibility index (Phi) is 3.35. The summed E-state index contributed by atoms with van der Waals surface area (Å²) in [4.78, 5) is 17.2. The van der Waals surface area contributed by atoms with Gasteiger partial charge in [-0.15, -0.1) is 0 Å². The fourth-order valence-electron chi connectivity index (χ4n) is 1.91. The molecule has 0 radical (unpaired) electrons. The zero-order valence-electron chi connectivity index (χ0n) is 9.02. The molecule has 2 rings (SSSR count). The van der Waals surface area contributed by atoms with Gasteiger partial charge >= 0.3 is 0 Å². The van der Waals surface area contributed by atoms with Crippen LogP contribution in [0.1, 0.15) is 6.42 Å². The topological polar surface area (TPSA) is 66.0 Å². The van der Waals surface area contributed by atoms with Gasteiger partial charge in [-0.25, -0.2) is 14.8 Å². The summed E-state index contributed by atoms with van der Waals surface area (Å²) in [6.07, 6.45) is -0.223. The molecule has 2 aliphatic rings. The fraction of sp³-hybridized carbons (Fsp3) is 0.778. The van der Waals surface area contributed by atoms with Crippen molar-refractivity contribution in [3.8, 4) is 0 Å². The van der Waals surface area contributed by atoms with Crippen molar-refractivity contribution in [2.45, 2.75) is 24.9 Å². The van der Waals surface area contributed by atoms with Crippen molar-refractivity contribution in [1.29, 1.82) is 0 Å². The van der Waals surface area contributed by atoms with Gasteiger partial charge in [-0.1, -0.05) is 0 Å². The van der Waals surface area contributed by atoms with Crippen LogP contribution in [-0.2, 0) is 9.53 Å². The van der Waals surface area contributed by atoms with E-state index in [4.69, 9.17) is 4.74 Å². The number of halogens is 1. The van der Waals surface area contributed by atoms with Gasteiger partial charge in [0, 0.05) is 13.7 Å². The number of piperidine rings is 1. The number of hydrogen-bond donors (Lipinski definition) is 2. The van der Waals surface area contributed by atoms with Crippen molar-refractivity contribution in [2.24, 2.45) is 4.99 Å². The summed E-state index contributed by atoms with van der Waals surface area (Å²) in [6.45, 7) is 0.580. The summed E-state index contributed by atoms with van der Waals surface area (Å²) in [5, 5.41) is 0. The van der Waals surface area contributed by atoms with Crippen molar-refractivity contribution in [3.05, 3.63) is 0 Å². The van der Waals surface area contributed by atoms with Crippen LogP contribution in [0, 0.1) is 0 Å². The van der Waals surface area contributed by atoms with Gasteiger partial charge in [-0.3, -0.25) is 4.79 Å². The Bertz CT molecular complexity index is 299. The standard InChI is InChI=1S/C9H15FN4O2/c1-16-7-2-3-14(4-6(7)10)9(15)8-11-5-12-13-8/h5-8,13H,2-4H2,1H3,(H,11,12)/t6-,7+,8?/m1/s1. The number of hydrogen-bond acceptors (Lipinski definition) is 5. The van der Waals surface area contributed by atoms with E-state index >= 15 is 0 Å². The first-order valence-corrected chi connectivity index (χ1v) is 5.20. The van der Waals surface area contributed by atoms with Gasteiger partial charge in [0.05, 0.1) is 19.0 Å². The molecule has 0 aromatic carbocycles. The van der Waals surface area contributed by atoms with E-state index in [2.05, 4.69) is 15.8 Å². The number of ether oxygens (including phenoxy) is 1. The Balaban J connectivity index is 1.91. The second-order valence-electron chi connectivity index (χ2n) is 3.83. The lowest BCUT2D eigenvalue weighted by atomic mass is 10.1. The zero-order valence-corrected chi connectivity index (χ0v) is 9.02. The molecular formula is C9H15FN4O2. The third kappa shape index (κ3) is 2.14. The molecule has 7 heteroatoms. The Hall–Kier alpha value is -1.21. The normalized spacial score (nSPS) is 33.9. The van der Waals surface area contributed by atoms with Crippen molar-refractivity contribution in [2.75, 3.05) is 20.2 Å². The molecule has 1 saturated heterocycles. The fourth-order valence-corrected chi connectivity index (χ4v) is 1.91. The predicted molar refractivity (Wildman–Crippen MR) is 55.4 cm³/mol. The zero-order chi connectivity index (χ0) is 11.5. The highest BCUT2D eigenvalue weighted by atomic mass is 19.1. The van der Waals surface area contributed by atoms with Gasteiger partial charge in [0.15, 0.2) is 6.17 Å². The maximum atomic E-state index is 13.6. The van der Waals surface area contributed by atoms with Crippen molar-refractivity contribution in [1.82, 2.24) is 15.8 Å². The maximum Gasteiger partial charge on any atom is 0.263 e. The number of carbonyl (C=O) groups is 1. The highest BCUT2D eigenvalue weighted by Gasteiger charge is 2.34. The van der Waals surface area contributed by atoms with Crippen LogP contribution in [0.4, 0.5) is 4.39 Å². The van der Waals surface area contributed by atoms with Gasteiger partial charge in [0.25, 0.3) is 5.91 Å². The Morgan fingerprint density at radius 3 is 3.06 bits per heavy atom. The van der Waals surface area contributed by atoms with E-state index < -0.39 is 18.4 Å². The number of rotatable bonds is 2. The molecule has 1 fully saturated rings. The van der Waals surface area contributed by atoms with Crippen LogP contribution in [0.2, 0.25) is 0 Å². The number of aliphatic imine (C=N–C) groups is 1. The van der Waals surface area contributed by atoms with Crippen LogP contribution in [0.15, 0.2) is 4.99 Å². The third-order valence-electron chi connectivity index (χ3n) is 2.84. The quantitative estimate of drug-likeness (QED) is 0.641. The molecule has 0 aromatic rings. The van der Waals surface area contributed by atoms with Gasteiger partial charge in [-0.2, -0.15) is 0 Å². The highest BCUT2D eigenvalue weighted by Crippen LogP contribution is 2.17. The van der Waals surface area contributed by atoms with E-state index in [0.717, 1.165) is 0 Å². The highest BCUT2D eigenvalue weighted by molar-refractivity contribution is 5.84. The number of methoxy groups -OCH3 is 1. The molecule has 2 N–H and O–H groups in total. The number of nitrogens with zero attached hydrogens (tertiary/aromatic N) is 2. The number of hydrazine groups is 1. The van der Waals surface area contributed by atoms with Crippen LogP contribution in [0.3, 0.4) is 0 Å². The minimum absolute atomic E-state index is 0.0744. The predicted octanol–water partition coefficient (Wildman–Crippen LogP) is -0.966. The SMILES string of the molecule is CO[C@H]1CCN(C(=O)C2N=CNN2)C[C@H]1F. The average Bonchev–Trinajstić information content (AvgIpc) is 2.81. The number of amides is 1. The van der Waals surface area contributed by atoms with Crippen molar-refractivity contribution >= 4 is 12.2 Å². The first-order valence-electron chi connectivity index (χ1n) is 5.20. The van der Waals surface area contributed by atoms with E-state index in [9.17, 15) is 9.18 Å². The molecule has 0 aromatic heterocycles. The lowest BCUT2D eigenvalue weighted by Gasteiger charge is -2.34. The molecule has 90 valence electrons. The van der Waals surface area contributed by atoms with E-state index in [1.54, 1.807) is 0 Å².